The third-order valence-electron chi connectivity index (χ3n) is 4.07. The summed E-state index contributed by atoms with van der Waals surface area (Å²) in [6.07, 6.45) is 2.17. The molecule has 2 aliphatic rings. The van der Waals surface area contributed by atoms with Crippen LogP contribution in [0.4, 0.5) is 0 Å². The Morgan fingerprint density at radius 3 is 2.50 bits per heavy atom. The van der Waals surface area contributed by atoms with Crippen LogP contribution in [0.1, 0.15) is 19.8 Å². The number of nitrogens with one attached hydrogen (secondary N) is 1. The Kier molecular flexibility index (Phi) is 4.18. The van der Waals surface area contributed by atoms with Crippen LogP contribution in [0.25, 0.3) is 0 Å². The molecule has 0 aromatic rings. The summed E-state index contributed by atoms with van der Waals surface area (Å²) in [5.74, 6) is 0.761. The zero-order chi connectivity index (χ0) is 11.4. The summed E-state index contributed by atoms with van der Waals surface area (Å²) in [5.41, 5.74) is 0. The van der Waals surface area contributed by atoms with Gasteiger partial charge in [0.15, 0.2) is 0 Å². The standard InChI is InChI=1S/C12H23N3O/c1-2-14-7-9-15(10-8-14)12(16)11-3-5-13-6-4-11/h11,13H,2-10H2,1H3/p+2. The molecule has 3 N–H and O–H groups in total. The Labute approximate surface area is 98.0 Å². The SMILES string of the molecule is CC[NH+]1CCN(C(=O)C2CC[NH2+]CC2)CC1. The maximum atomic E-state index is 12.3. The lowest BCUT2D eigenvalue weighted by molar-refractivity contribution is -0.902. The van der Waals surface area contributed by atoms with Crippen LogP contribution in [0.2, 0.25) is 0 Å². The van der Waals surface area contributed by atoms with E-state index in [-0.39, 0.29) is 0 Å². The molecule has 2 saturated heterocycles. The summed E-state index contributed by atoms with van der Waals surface area (Å²) in [4.78, 5) is 16.0. The van der Waals surface area contributed by atoms with Crippen molar-refractivity contribution in [3.05, 3.63) is 0 Å². The van der Waals surface area contributed by atoms with Crippen LogP contribution in [-0.2, 0) is 4.79 Å². The second-order valence-corrected chi connectivity index (χ2v) is 5.07. The first kappa shape index (κ1) is 11.9. The smallest absolute Gasteiger partial charge is 0.226 e. The molecule has 0 unspecified atom stereocenters. The third kappa shape index (κ3) is 2.74. The lowest BCUT2D eigenvalue weighted by Crippen LogP contribution is -3.14. The summed E-state index contributed by atoms with van der Waals surface area (Å²) in [6.45, 7) is 9.92. The van der Waals surface area contributed by atoms with Gasteiger partial charge in [-0.2, -0.15) is 0 Å². The normalized spacial score (nSPS) is 24.7. The van der Waals surface area contributed by atoms with E-state index in [1.165, 1.54) is 6.54 Å². The van der Waals surface area contributed by atoms with Crippen molar-refractivity contribution in [1.29, 1.82) is 0 Å². The molecule has 0 spiro atoms. The highest BCUT2D eigenvalue weighted by atomic mass is 16.2. The second-order valence-electron chi connectivity index (χ2n) is 5.07. The number of quaternary nitrogens is 2. The summed E-state index contributed by atoms with van der Waals surface area (Å²) in [5, 5.41) is 2.32. The number of piperidine rings is 1. The number of hydrogen-bond donors (Lipinski definition) is 2. The van der Waals surface area contributed by atoms with Gasteiger partial charge in [-0.05, 0) is 6.92 Å². The molecule has 0 radical (unpaired) electrons. The summed E-state index contributed by atoms with van der Waals surface area (Å²) in [6, 6.07) is 0. The van der Waals surface area contributed by atoms with Crippen molar-refractivity contribution in [3.63, 3.8) is 0 Å². The van der Waals surface area contributed by atoms with Crippen molar-refractivity contribution >= 4 is 5.91 Å². The summed E-state index contributed by atoms with van der Waals surface area (Å²) in [7, 11) is 0. The number of carbonyl (C=O) groups excluding carboxylic acids is 1. The fourth-order valence-corrected chi connectivity index (χ4v) is 2.83. The first-order valence-electron chi connectivity index (χ1n) is 6.75. The molecule has 2 fully saturated rings. The lowest BCUT2D eigenvalue weighted by atomic mass is 9.96. The molecule has 0 aliphatic carbocycles. The molecule has 2 rings (SSSR count). The molecule has 0 saturated carbocycles. The maximum absolute atomic E-state index is 12.3. The molecule has 1 amide bonds. The number of nitrogens with zero attached hydrogens (tertiary/aromatic N) is 1. The molecule has 16 heavy (non-hydrogen) atoms. The molecule has 2 heterocycles. The lowest BCUT2D eigenvalue weighted by Gasteiger charge is -2.34. The Bertz CT molecular complexity index is 230. The van der Waals surface area contributed by atoms with Crippen LogP contribution in [0.5, 0.6) is 0 Å². The van der Waals surface area contributed by atoms with Gasteiger partial charge in [0.25, 0.3) is 0 Å². The minimum atomic E-state index is 0.327. The minimum absolute atomic E-state index is 0.327. The predicted octanol–water partition coefficient (Wildman–Crippen LogP) is -2.29. The molecule has 0 atom stereocenters. The van der Waals surface area contributed by atoms with E-state index in [1.54, 1.807) is 4.90 Å². The number of amides is 1. The van der Waals surface area contributed by atoms with Gasteiger partial charge in [-0.15, -0.1) is 0 Å². The van der Waals surface area contributed by atoms with E-state index in [0.29, 0.717) is 11.8 Å². The molecule has 2 aliphatic heterocycles. The molecule has 4 nitrogen and oxygen atoms in total. The topological polar surface area (TPSA) is 41.4 Å². The molecule has 0 aromatic heterocycles. The molecular formula is C12H25N3O+2. The van der Waals surface area contributed by atoms with E-state index in [9.17, 15) is 4.79 Å². The first-order valence-corrected chi connectivity index (χ1v) is 6.75. The van der Waals surface area contributed by atoms with Gasteiger partial charge in [0.05, 0.1) is 45.8 Å². The Hall–Kier alpha value is -0.610. The van der Waals surface area contributed by atoms with Gasteiger partial charge in [0.2, 0.25) is 5.91 Å². The molecule has 92 valence electrons. The van der Waals surface area contributed by atoms with E-state index in [2.05, 4.69) is 17.1 Å². The van der Waals surface area contributed by atoms with Crippen LogP contribution in [0.15, 0.2) is 0 Å². The Morgan fingerprint density at radius 2 is 1.94 bits per heavy atom. The van der Waals surface area contributed by atoms with Crippen molar-refractivity contribution < 1.29 is 15.0 Å². The van der Waals surface area contributed by atoms with Crippen molar-refractivity contribution in [1.82, 2.24) is 4.90 Å². The number of hydrogen-bond acceptors (Lipinski definition) is 1. The molecule has 0 bridgehead atoms. The van der Waals surface area contributed by atoms with Crippen LogP contribution >= 0.6 is 0 Å². The fraction of sp³-hybridized carbons (Fsp3) is 0.917. The number of piperazine rings is 1. The van der Waals surface area contributed by atoms with E-state index in [4.69, 9.17) is 0 Å². The largest absolute Gasteiger partial charge is 0.346 e. The quantitative estimate of drug-likeness (QED) is 0.548. The zero-order valence-electron chi connectivity index (χ0n) is 10.4. The predicted molar refractivity (Wildman–Crippen MR) is 62.2 cm³/mol. The minimum Gasteiger partial charge on any atom is -0.346 e. The average molecular weight is 227 g/mol. The molecule has 4 heteroatoms. The third-order valence-corrected chi connectivity index (χ3v) is 4.07. The van der Waals surface area contributed by atoms with Crippen LogP contribution in [0.3, 0.4) is 0 Å². The van der Waals surface area contributed by atoms with E-state index < -0.39 is 0 Å². The van der Waals surface area contributed by atoms with Crippen molar-refractivity contribution in [2.45, 2.75) is 19.8 Å². The maximum Gasteiger partial charge on any atom is 0.226 e. The highest BCUT2D eigenvalue weighted by molar-refractivity contribution is 5.78. The number of rotatable bonds is 2. The van der Waals surface area contributed by atoms with Crippen molar-refractivity contribution in [3.8, 4) is 0 Å². The van der Waals surface area contributed by atoms with Crippen LogP contribution in [0, 0.1) is 5.92 Å². The zero-order valence-corrected chi connectivity index (χ0v) is 10.4. The number of nitrogens with two attached hydrogens (primary N) is 1. The van der Waals surface area contributed by atoms with Gasteiger partial charge in [0, 0.05) is 18.8 Å². The molecular weight excluding hydrogens is 202 g/mol. The highest BCUT2D eigenvalue weighted by Gasteiger charge is 2.30. The summed E-state index contributed by atoms with van der Waals surface area (Å²) < 4.78 is 0. The van der Waals surface area contributed by atoms with Gasteiger partial charge in [0.1, 0.15) is 0 Å². The van der Waals surface area contributed by atoms with E-state index >= 15 is 0 Å². The van der Waals surface area contributed by atoms with Crippen LogP contribution in [-0.4, -0.2) is 56.6 Å². The van der Waals surface area contributed by atoms with Gasteiger partial charge in [-0.1, -0.05) is 0 Å². The Balaban J connectivity index is 1.81. The monoisotopic (exact) mass is 227 g/mol. The second kappa shape index (κ2) is 5.64. The van der Waals surface area contributed by atoms with Gasteiger partial charge in [-0.3, -0.25) is 4.79 Å². The van der Waals surface area contributed by atoms with Crippen LogP contribution < -0.4 is 10.2 Å². The number of likely N-dealkylation sites (N-methyl/N-ethyl adjacent to an activating group) is 1. The van der Waals surface area contributed by atoms with Gasteiger partial charge >= 0.3 is 0 Å². The van der Waals surface area contributed by atoms with Gasteiger partial charge in [-0.25, -0.2) is 0 Å². The summed E-state index contributed by atoms with van der Waals surface area (Å²) >= 11 is 0. The first-order chi connectivity index (χ1) is 7.81. The van der Waals surface area contributed by atoms with Crippen molar-refractivity contribution in [2.24, 2.45) is 5.92 Å². The average Bonchev–Trinajstić information content (AvgIpc) is 2.39. The number of carbonyl (C=O) groups is 1. The highest BCUT2D eigenvalue weighted by Crippen LogP contribution is 2.12. The van der Waals surface area contributed by atoms with Gasteiger partial charge < -0.3 is 15.1 Å². The molecule has 0 aromatic carbocycles. The Morgan fingerprint density at radius 1 is 1.31 bits per heavy atom. The van der Waals surface area contributed by atoms with E-state index in [0.717, 1.165) is 52.1 Å². The fourth-order valence-electron chi connectivity index (χ4n) is 2.83. The van der Waals surface area contributed by atoms with E-state index in [1.807, 2.05) is 0 Å². The van der Waals surface area contributed by atoms with Crippen molar-refractivity contribution in [2.75, 3.05) is 45.8 Å².